The van der Waals surface area contributed by atoms with Crippen molar-refractivity contribution >= 4 is 18.0 Å². The topological polar surface area (TPSA) is 75.7 Å². The molecule has 0 bridgehead atoms. The monoisotopic (exact) mass is 250 g/mol. The third-order valence-electron chi connectivity index (χ3n) is 3.30. The van der Waals surface area contributed by atoms with E-state index in [1.54, 1.807) is 0 Å². The first-order chi connectivity index (χ1) is 9.19. The maximum absolute atomic E-state index is 7.42. The van der Waals surface area contributed by atoms with E-state index in [9.17, 15) is 0 Å². The van der Waals surface area contributed by atoms with E-state index in [1.165, 1.54) is 6.21 Å². The van der Waals surface area contributed by atoms with Crippen LogP contribution >= 0.6 is 0 Å². The number of nitrogens with two attached hydrogens (primary N) is 1. The highest BCUT2D eigenvalue weighted by Crippen LogP contribution is 2.32. The molecule has 94 valence electrons. The van der Waals surface area contributed by atoms with Crippen molar-refractivity contribution in [1.82, 2.24) is 9.97 Å². The Labute approximate surface area is 111 Å². The minimum absolute atomic E-state index is 0.620. The molecule has 0 fully saturated rings. The van der Waals surface area contributed by atoms with Gasteiger partial charge in [-0.1, -0.05) is 12.2 Å². The second-order valence-electron chi connectivity index (χ2n) is 4.60. The van der Waals surface area contributed by atoms with Gasteiger partial charge < -0.3 is 11.1 Å². The summed E-state index contributed by atoms with van der Waals surface area (Å²) in [6.45, 7) is 1.89. The van der Waals surface area contributed by atoms with Gasteiger partial charge in [0, 0.05) is 35.6 Å². The SMILES string of the molecule is Cc1ncc2c(n1)CC=Cc1cc(N)c(C=N)cc1-2. The normalized spacial score (nSPS) is 12.5. The van der Waals surface area contributed by atoms with Crippen LogP contribution in [0.25, 0.3) is 17.2 Å². The first kappa shape index (κ1) is 11.6. The molecule has 0 saturated carbocycles. The quantitative estimate of drug-likeness (QED) is 0.603. The Morgan fingerprint density at radius 2 is 2.16 bits per heavy atom. The van der Waals surface area contributed by atoms with Crippen LogP contribution in [0.3, 0.4) is 0 Å². The number of benzene rings is 1. The molecule has 4 heteroatoms. The van der Waals surface area contributed by atoms with Gasteiger partial charge in [-0.05, 0) is 30.2 Å². The average molecular weight is 250 g/mol. The smallest absolute Gasteiger partial charge is 0.125 e. The lowest BCUT2D eigenvalue weighted by molar-refractivity contribution is 0.987. The molecular weight excluding hydrogens is 236 g/mol. The van der Waals surface area contributed by atoms with Gasteiger partial charge in [-0.25, -0.2) is 9.97 Å². The van der Waals surface area contributed by atoms with E-state index in [4.69, 9.17) is 11.1 Å². The van der Waals surface area contributed by atoms with E-state index >= 15 is 0 Å². The van der Waals surface area contributed by atoms with Crippen LogP contribution in [-0.2, 0) is 6.42 Å². The minimum Gasteiger partial charge on any atom is -0.398 e. The van der Waals surface area contributed by atoms with E-state index in [2.05, 4.69) is 22.1 Å². The summed E-state index contributed by atoms with van der Waals surface area (Å²) in [6.07, 6.45) is 8.05. The number of allylic oxidation sites excluding steroid dienone is 1. The molecule has 0 radical (unpaired) electrons. The molecule has 0 saturated heterocycles. The van der Waals surface area contributed by atoms with Crippen molar-refractivity contribution < 1.29 is 0 Å². The summed E-state index contributed by atoms with van der Waals surface area (Å²) >= 11 is 0. The fourth-order valence-corrected chi connectivity index (χ4v) is 2.34. The number of aryl methyl sites for hydroxylation is 1. The van der Waals surface area contributed by atoms with Crippen LogP contribution in [0.15, 0.2) is 24.4 Å². The van der Waals surface area contributed by atoms with Gasteiger partial charge in [0.1, 0.15) is 5.82 Å². The fourth-order valence-electron chi connectivity index (χ4n) is 2.34. The van der Waals surface area contributed by atoms with Crippen molar-refractivity contribution in [2.75, 3.05) is 5.73 Å². The third-order valence-corrected chi connectivity index (χ3v) is 3.30. The summed E-state index contributed by atoms with van der Waals surface area (Å²) < 4.78 is 0. The molecule has 1 aromatic carbocycles. The zero-order valence-electron chi connectivity index (χ0n) is 10.6. The molecule has 0 aliphatic heterocycles. The van der Waals surface area contributed by atoms with Crippen LogP contribution in [-0.4, -0.2) is 16.2 Å². The summed E-state index contributed by atoms with van der Waals surface area (Å²) in [7, 11) is 0. The largest absolute Gasteiger partial charge is 0.398 e. The van der Waals surface area contributed by atoms with Crippen molar-refractivity contribution in [2.24, 2.45) is 0 Å². The van der Waals surface area contributed by atoms with E-state index in [1.807, 2.05) is 25.3 Å². The molecule has 1 heterocycles. The predicted octanol–water partition coefficient (Wildman–Crippen LogP) is 2.60. The Morgan fingerprint density at radius 1 is 1.32 bits per heavy atom. The zero-order chi connectivity index (χ0) is 13.4. The molecular formula is C15H14N4. The van der Waals surface area contributed by atoms with E-state index < -0.39 is 0 Å². The number of rotatable bonds is 1. The standard InChI is InChI=1S/C15H14N4/c1-9-18-8-13-12-5-11(7-16)14(17)6-10(12)3-2-4-15(13)19-9/h2-3,5-8,16H,4,17H2,1H3. The van der Waals surface area contributed by atoms with Crippen LogP contribution in [0.1, 0.15) is 22.6 Å². The summed E-state index contributed by atoms with van der Waals surface area (Å²) in [5.74, 6) is 0.776. The van der Waals surface area contributed by atoms with Crippen LogP contribution in [0.4, 0.5) is 5.69 Å². The second-order valence-corrected chi connectivity index (χ2v) is 4.60. The van der Waals surface area contributed by atoms with E-state index in [0.717, 1.165) is 40.2 Å². The number of hydrogen-bond acceptors (Lipinski definition) is 4. The molecule has 4 nitrogen and oxygen atoms in total. The van der Waals surface area contributed by atoms with Gasteiger partial charge in [0.05, 0.1) is 5.69 Å². The molecule has 1 aliphatic rings. The third kappa shape index (κ3) is 1.91. The van der Waals surface area contributed by atoms with E-state index in [0.29, 0.717) is 5.69 Å². The maximum Gasteiger partial charge on any atom is 0.125 e. The lowest BCUT2D eigenvalue weighted by atomic mass is 9.97. The highest BCUT2D eigenvalue weighted by molar-refractivity contribution is 5.91. The first-order valence-corrected chi connectivity index (χ1v) is 6.12. The summed E-state index contributed by atoms with van der Waals surface area (Å²) in [6, 6.07) is 3.84. The summed E-state index contributed by atoms with van der Waals surface area (Å²) in [5, 5.41) is 7.42. The Kier molecular flexibility index (Phi) is 2.63. The van der Waals surface area contributed by atoms with Gasteiger partial charge in [-0.15, -0.1) is 0 Å². The number of hydrogen-bond donors (Lipinski definition) is 2. The van der Waals surface area contributed by atoms with Crippen LogP contribution < -0.4 is 5.73 Å². The van der Waals surface area contributed by atoms with Crippen molar-refractivity contribution in [2.45, 2.75) is 13.3 Å². The van der Waals surface area contributed by atoms with Crippen LogP contribution in [0.2, 0.25) is 0 Å². The van der Waals surface area contributed by atoms with E-state index in [-0.39, 0.29) is 0 Å². The van der Waals surface area contributed by atoms with Gasteiger partial charge >= 0.3 is 0 Å². The average Bonchev–Trinajstić information content (AvgIpc) is 2.56. The molecule has 0 atom stereocenters. The zero-order valence-corrected chi connectivity index (χ0v) is 10.6. The molecule has 0 spiro atoms. The van der Waals surface area contributed by atoms with Crippen LogP contribution in [0, 0.1) is 12.3 Å². The molecule has 1 aliphatic carbocycles. The summed E-state index contributed by atoms with van der Waals surface area (Å²) in [4.78, 5) is 8.78. The Morgan fingerprint density at radius 3 is 2.95 bits per heavy atom. The fraction of sp³-hybridized carbons (Fsp3) is 0.133. The lowest BCUT2D eigenvalue weighted by Crippen LogP contribution is -1.99. The predicted molar refractivity (Wildman–Crippen MR) is 77.2 cm³/mol. The van der Waals surface area contributed by atoms with Gasteiger partial charge in [-0.3, -0.25) is 0 Å². The Balaban J connectivity index is 2.31. The Bertz CT molecular complexity index is 702. The van der Waals surface area contributed by atoms with Gasteiger partial charge in [0.2, 0.25) is 0 Å². The number of anilines is 1. The van der Waals surface area contributed by atoms with Crippen molar-refractivity contribution in [3.63, 3.8) is 0 Å². The Hall–Kier alpha value is -2.49. The lowest BCUT2D eigenvalue weighted by Gasteiger charge is -2.11. The van der Waals surface area contributed by atoms with Gasteiger partial charge in [0.25, 0.3) is 0 Å². The molecule has 3 rings (SSSR count). The van der Waals surface area contributed by atoms with Gasteiger partial charge in [0.15, 0.2) is 0 Å². The maximum atomic E-state index is 7.42. The number of aromatic nitrogens is 2. The molecule has 0 unspecified atom stereocenters. The molecule has 0 amide bonds. The highest BCUT2D eigenvalue weighted by atomic mass is 14.9. The number of nitrogen functional groups attached to an aromatic ring is 1. The molecule has 2 aromatic rings. The van der Waals surface area contributed by atoms with Crippen molar-refractivity contribution in [3.05, 3.63) is 47.1 Å². The number of nitrogens with one attached hydrogen (secondary N) is 1. The van der Waals surface area contributed by atoms with Gasteiger partial charge in [-0.2, -0.15) is 0 Å². The molecule has 3 N–H and O–H groups in total. The molecule has 19 heavy (non-hydrogen) atoms. The minimum atomic E-state index is 0.620. The molecule has 1 aromatic heterocycles. The van der Waals surface area contributed by atoms with Crippen molar-refractivity contribution in [3.8, 4) is 11.1 Å². The summed E-state index contributed by atoms with van der Waals surface area (Å²) in [5.41, 5.74) is 11.4. The van der Waals surface area contributed by atoms with Crippen LogP contribution in [0.5, 0.6) is 0 Å². The number of fused-ring (bicyclic) bond motifs is 3. The number of nitrogens with zero attached hydrogens (tertiary/aromatic N) is 2. The first-order valence-electron chi connectivity index (χ1n) is 6.12. The van der Waals surface area contributed by atoms with Crippen molar-refractivity contribution in [1.29, 1.82) is 5.41 Å². The second kappa shape index (κ2) is 4.31. The highest BCUT2D eigenvalue weighted by Gasteiger charge is 2.15.